The zero-order chi connectivity index (χ0) is 9.97. The molecule has 1 aliphatic heterocycles. The second-order valence-corrected chi connectivity index (χ2v) is 5.62. The Labute approximate surface area is 91.8 Å². The van der Waals surface area contributed by atoms with Gasteiger partial charge < -0.3 is 5.32 Å². The fourth-order valence-corrected chi connectivity index (χ4v) is 3.95. The van der Waals surface area contributed by atoms with E-state index in [1.807, 2.05) is 0 Å². The Hall–Kier alpha value is 0.270. The van der Waals surface area contributed by atoms with Crippen LogP contribution in [0, 0.1) is 0 Å². The molecular formula is C11H22N2S. The van der Waals surface area contributed by atoms with Gasteiger partial charge in [-0.1, -0.05) is 6.42 Å². The quantitative estimate of drug-likeness (QED) is 0.767. The van der Waals surface area contributed by atoms with Gasteiger partial charge in [0.25, 0.3) is 0 Å². The van der Waals surface area contributed by atoms with Gasteiger partial charge in [0.1, 0.15) is 0 Å². The minimum Gasteiger partial charge on any atom is -0.316 e. The van der Waals surface area contributed by atoms with Crippen LogP contribution in [0.25, 0.3) is 0 Å². The second kappa shape index (κ2) is 4.86. The lowest BCUT2D eigenvalue weighted by atomic mass is 10.2. The summed E-state index contributed by atoms with van der Waals surface area (Å²) < 4.78 is 0. The van der Waals surface area contributed by atoms with Crippen molar-refractivity contribution in [2.24, 2.45) is 0 Å². The minimum atomic E-state index is 0.748. The van der Waals surface area contributed by atoms with Crippen LogP contribution >= 0.6 is 11.8 Å². The van der Waals surface area contributed by atoms with Gasteiger partial charge in [-0.25, -0.2) is 0 Å². The topological polar surface area (TPSA) is 15.3 Å². The molecule has 0 aromatic heterocycles. The van der Waals surface area contributed by atoms with E-state index >= 15 is 0 Å². The van der Waals surface area contributed by atoms with E-state index < -0.39 is 0 Å². The number of rotatable bonds is 3. The van der Waals surface area contributed by atoms with Gasteiger partial charge in [0.2, 0.25) is 0 Å². The Balaban J connectivity index is 1.89. The Morgan fingerprint density at radius 2 is 2.14 bits per heavy atom. The highest BCUT2D eigenvalue weighted by Gasteiger charge is 2.34. The Morgan fingerprint density at radius 3 is 2.79 bits per heavy atom. The first-order chi connectivity index (χ1) is 6.85. The maximum absolute atomic E-state index is 3.40. The van der Waals surface area contributed by atoms with Crippen molar-refractivity contribution in [3.8, 4) is 0 Å². The number of hydrogen-bond acceptors (Lipinski definition) is 3. The molecule has 3 heteroatoms. The molecule has 2 rings (SSSR count). The lowest BCUT2D eigenvalue weighted by Crippen LogP contribution is -2.39. The van der Waals surface area contributed by atoms with Crippen molar-refractivity contribution < 1.29 is 0 Å². The molecule has 82 valence electrons. The number of nitrogens with zero attached hydrogens (tertiary/aromatic N) is 1. The van der Waals surface area contributed by atoms with E-state index in [1.165, 1.54) is 38.8 Å². The lowest BCUT2D eigenvalue weighted by Gasteiger charge is -2.28. The first-order valence-corrected chi connectivity index (χ1v) is 7.08. The SMILES string of the molecule is CNC1CCN(C2CCCC2SC)C1. The first kappa shape index (κ1) is 10.8. The smallest absolute Gasteiger partial charge is 0.0215 e. The first-order valence-electron chi connectivity index (χ1n) is 5.79. The summed E-state index contributed by atoms with van der Waals surface area (Å²) in [6.45, 7) is 2.59. The van der Waals surface area contributed by atoms with Gasteiger partial charge in [-0.2, -0.15) is 11.8 Å². The molecule has 0 spiro atoms. The molecule has 1 saturated heterocycles. The van der Waals surface area contributed by atoms with Gasteiger partial charge in [-0.15, -0.1) is 0 Å². The Kier molecular flexibility index (Phi) is 3.74. The predicted molar refractivity (Wildman–Crippen MR) is 64.0 cm³/mol. The Morgan fingerprint density at radius 1 is 1.29 bits per heavy atom. The molecule has 0 aromatic rings. The van der Waals surface area contributed by atoms with E-state index in [1.54, 1.807) is 0 Å². The summed E-state index contributed by atoms with van der Waals surface area (Å²) in [7, 11) is 2.09. The number of likely N-dealkylation sites (N-methyl/N-ethyl adjacent to an activating group) is 1. The maximum Gasteiger partial charge on any atom is 0.0215 e. The van der Waals surface area contributed by atoms with Crippen LogP contribution in [0.4, 0.5) is 0 Å². The molecule has 0 bridgehead atoms. The van der Waals surface area contributed by atoms with E-state index in [0.29, 0.717) is 0 Å². The van der Waals surface area contributed by atoms with Gasteiger partial charge in [0.15, 0.2) is 0 Å². The largest absolute Gasteiger partial charge is 0.316 e. The van der Waals surface area contributed by atoms with Crippen LogP contribution in [-0.2, 0) is 0 Å². The highest BCUT2D eigenvalue weighted by Crippen LogP contribution is 2.33. The summed E-state index contributed by atoms with van der Waals surface area (Å²) in [4.78, 5) is 2.72. The van der Waals surface area contributed by atoms with Crippen molar-refractivity contribution in [2.75, 3.05) is 26.4 Å². The second-order valence-electron chi connectivity index (χ2n) is 4.54. The van der Waals surface area contributed by atoms with Crippen LogP contribution in [-0.4, -0.2) is 48.6 Å². The molecule has 3 unspecified atom stereocenters. The normalized spacial score (nSPS) is 39.4. The molecule has 2 nitrogen and oxygen atoms in total. The molecule has 1 heterocycles. The van der Waals surface area contributed by atoms with Crippen LogP contribution in [0.1, 0.15) is 25.7 Å². The molecule has 0 radical (unpaired) electrons. The van der Waals surface area contributed by atoms with E-state index in [4.69, 9.17) is 0 Å². The van der Waals surface area contributed by atoms with Gasteiger partial charge in [-0.3, -0.25) is 4.90 Å². The molecular weight excluding hydrogens is 192 g/mol. The molecule has 1 saturated carbocycles. The summed E-state index contributed by atoms with van der Waals surface area (Å²) >= 11 is 2.07. The van der Waals surface area contributed by atoms with Crippen LogP contribution < -0.4 is 5.32 Å². The molecule has 3 atom stereocenters. The summed E-state index contributed by atoms with van der Waals surface area (Å²) in [5.74, 6) is 0. The third-order valence-electron chi connectivity index (χ3n) is 3.82. The number of likely N-dealkylation sites (tertiary alicyclic amines) is 1. The van der Waals surface area contributed by atoms with E-state index in [-0.39, 0.29) is 0 Å². The van der Waals surface area contributed by atoms with Crippen LogP contribution in [0.2, 0.25) is 0 Å². The maximum atomic E-state index is 3.40. The van der Waals surface area contributed by atoms with E-state index in [2.05, 4.69) is 35.3 Å². The van der Waals surface area contributed by atoms with Crippen molar-refractivity contribution >= 4 is 11.8 Å². The van der Waals surface area contributed by atoms with Crippen LogP contribution in [0.5, 0.6) is 0 Å². The van der Waals surface area contributed by atoms with Gasteiger partial charge in [0, 0.05) is 30.4 Å². The van der Waals surface area contributed by atoms with Gasteiger partial charge in [-0.05, 0) is 32.6 Å². The molecule has 2 aliphatic rings. The molecule has 1 aliphatic carbocycles. The Bertz CT molecular complexity index is 186. The average molecular weight is 214 g/mol. The van der Waals surface area contributed by atoms with Crippen molar-refractivity contribution in [1.82, 2.24) is 10.2 Å². The molecule has 0 amide bonds. The van der Waals surface area contributed by atoms with Crippen molar-refractivity contribution in [2.45, 2.75) is 43.0 Å². The van der Waals surface area contributed by atoms with Crippen LogP contribution in [0.3, 0.4) is 0 Å². The van der Waals surface area contributed by atoms with Crippen molar-refractivity contribution in [1.29, 1.82) is 0 Å². The summed E-state index contributed by atoms with van der Waals surface area (Å²) in [5.41, 5.74) is 0. The van der Waals surface area contributed by atoms with Gasteiger partial charge in [0.05, 0.1) is 0 Å². The number of hydrogen-bond donors (Lipinski definition) is 1. The van der Waals surface area contributed by atoms with Crippen molar-refractivity contribution in [3.63, 3.8) is 0 Å². The fourth-order valence-electron chi connectivity index (χ4n) is 2.92. The van der Waals surface area contributed by atoms with E-state index in [9.17, 15) is 0 Å². The summed E-state index contributed by atoms with van der Waals surface area (Å²) in [6.07, 6.45) is 7.92. The fraction of sp³-hybridized carbons (Fsp3) is 1.00. The third-order valence-corrected chi connectivity index (χ3v) is 4.97. The highest BCUT2D eigenvalue weighted by atomic mass is 32.2. The van der Waals surface area contributed by atoms with E-state index in [0.717, 1.165) is 17.3 Å². The average Bonchev–Trinajstić information content (AvgIpc) is 2.85. The highest BCUT2D eigenvalue weighted by molar-refractivity contribution is 7.99. The monoisotopic (exact) mass is 214 g/mol. The molecule has 1 N–H and O–H groups in total. The number of thioether (sulfide) groups is 1. The number of nitrogens with one attached hydrogen (secondary N) is 1. The van der Waals surface area contributed by atoms with Crippen molar-refractivity contribution in [3.05, 3.63) is 0 Å². The lowest BCUT2D eigenvalue weighted by molar-refractivity contribution is 0.245. The molecule has 0 aromatic carbocycles. The van der Waals surface area contributed by atoms with Gasteiger partial charge >= 0.3 is 0 Å². The minimum absolute atomic E-state index is 0.748. The summed E-state index contributed by atoms with van der Waals surface area (Å²) in [6, 6.07) is 1.63. The standard InChI is InChI=1S/C11H22N2S/c1-12-9-6-7-13(8-9)10-4-3-5-11(10)14-2/h9-12H,3-8H2,1-2H3. The third kappa shape index (κ3) is 2.10. The zero-order valence-electron chi connectivity index (χ0n) is 9.33. The summed E-state index contributed by atoms with van der Waals surface area (Å²) in [5, 5.41) is 4.31. The molecule has 14 heavy (non-hydrogen) atoms. The van der Waals surface area contributed by atoms with Crippen LogP contribution in [0.15, 0.2) is 0 Å². The molecule has 2 fully saturated rings. The zero-order valence-corrected chi connectivity index (χ0v) is 10.1. The predicted octanol–water partition coefficient (Wildman–Crippen LogP) is 1.56.